The van der Waals surface area contributed by atoms with Gasteiger partial charge >= 0.3 is 0 Å². The van der Waals surface area contributed by atoms with Gasteiger partial charge in [0.25, 0.3) is 0 Å². The maximum absolute atomic E-state index is 16.5. The number of hydroxylamine groups is 1. The molecule has 0 radical (unpaired) electrons. The van der Waals surface area contributed by atoms with E-state index in [1.54, 1.807) is 0 Å². The molecular formula is C57H89F8N27O10S2. The standard InChI is InChI=1S/C57H89F8N27O10S2/c1-23(93)20-84-44(94)24(8-2-14-78-52(66)67)85-45(95)25(9-3-15-79-53(68)69)86-47(97)27(11-5-17-81-55(72)73)89-50(100)30-21-103-42-38(62)34(58)32(35(59)39(42)63)33-36(60)40(64)43(41(65)37(33)61)104-22-31(92-102)51(101)90-28(12-6-18-82-56(74)75)48(98)87-26(10-4-16-80-54(70)71)46(96)88-29(49(99)91-30)13-7-19-83-57(76)77/h24-31,57,83,92,102H,2-22,76-77H2,1H3,(H,84,94)(H,85,95)(H,86,97)(H,87,98)(H,88,96)(H,89,100)(H,90,101)(H,91,99)(H4,66,67,78)(H4,68,69,79)(H4,70,71,80)(H4,72,73,81)(H4,74,75,82). The third-order valence-corrected chi connectivity index (χ3v) is 17.2. The largest absolute Gasteiger partial charge is 0.370 e. The first-order valence-corrected chi connectivity index (χ1v) is 33.9. The summed E-state index contributed by atoms with van der Waals surface area (Å²) in [4.78, 5) is 124. The van der Waals surface area contributed by atoms with Gasteiger partial charge in [0.05, 0.1) is 27.5 Å². The van der Waals surface area contributed by atoms with Crippen molar-refractivity contribution >= 4 is 106 Å². The van der Waals surface area contributed by atoms with Crippen LogP contribution in [0.2, 0.25) is 0 Å². The zero-order valence-electron chi connectivity index (χ0n) is 56.0. The van der Waals surface area contributed by atoms with Gasteiger partial charge in [0, 0.05) is 44.2 Å². The van der Waals surface area contributed by atoms with Crippen LogP contribution in [0.25, 0.3) is 11.1 Å². The fraction of sp³-hybridized carbons (Fsp3) is 0.544. The summed E-state index contributed by atoms with van der Waals surface area (Å²) in [5.74, 6) is -35.8. The Hall–Kier alpha value is -9.84. The Kier molecular flexibility index (Phi) is 37.9. The molecular weight excluding hydrogens is 1440 g/mol. The van der Waals surface area contributed by atoms with Crippen molar-refractivity contribution < 1.29 is 83.5 Å². The number of fused-ring (bicyclic) bond motifs is 2. The van der Waals surface area contributed by atoms with E-state index in [0.717, 1.165) is 6.92 Å². The number of carbonyl (C=O) groups excluding carboxylic acids is 9. The Labute approximate surface area is 598 Å². The van der Waals surface area contributed by atoms with E-state index >= 15 is 39.9 Å². The Balaban J connectivity index is 2.42. The second kappa shape index (κ2) is 44.6. The molecule has 0 aromatic heterocycles. The average Bonchev–Trinajstić information content (AvgIpc) is 0.767. The second-order valence-electron chi connectivity index (χ2n) is 23.1. The lowest BCUT2D eigenvalue weighted by molar-refractivity contribution is -0.136. The van der Waals surface area contributed by atoms with Crippen LogP contribution in [-0.2, 0) is 43.2 Å². The zero-order valence-corrected chi connectivity index (χ0v) is 57.7. The van der Waals surface area contributed by atoms with Crippen molar-refractivity contribution in [3.05, 3.63) is 46.5 Å². The minimum absolute atomic E-state index is 0.0169. The summed E-state index contributed by atoms with van der Waals surface area (Å²) in [6.45, 7) is -0.00394. The van der Waals surface area contributed by atoms with Crippen molar-refractivity contribution in [2.24, 2.45) is 40.1 Å². The number of carbonyl (C=O) groups is 9. The molecule has 47 heteroatoms. The average molecular weight is 1530 g/mol. The van der Waals surface area contributed by atoms with Crippen LogP contribution in [0.15, 0.2) is 9.79 Å². The first-order chi connectivity index (χ1) is 49.0. The highest BCUT2D eigenvalue weighted by Crippen LogP contribution is 2.42. The minimum Gasteiger partial charge on any atom is -0.370 e. The van der Waals surface area contributed by atoms with Crippen molar-refractivity contribution in [2.45, 2.75) is 148 Å². The van der Waals surface area contributed by atoms with E-state index in [-0.39, 0.29) is 114 Å². The predicted octanol–water partition coefficient (Wildman–Crippen LogP) is -5.00. The van der Waals surface area contributed by atoms with Gasteiger partial charge in [0.1, 0.15) is 60.4 Å². The highest BCUT2D eigenvalue weighted by molar-refractivity contribution is 7.99. The normalized spacial score (nSPS) is 17.6. The Bertz CT molecular complexity index is 3370. The number of benzene rings is 2. The molecule has 8 unspecified atom stereocenters. The van der Waals surface area contributed by atoms with Gasteiger partial charge in [0.15, 0.2) is 76.3 Å². The lowest BCUT2D eigenvalue weighted by atomic mass is 10.0. The summed E-state index contributed by atoms with van der Waals surface area (Å²) in [5.41, 5.74) is 35.3. The molecule has 2 aromatic rings. The van der Waals surface area contributed by atoms with Crippen LogP contribution in [0, 0.1) is 73.6 Å². The van der Waals surface area contributed by atoms with Crippen LogP contribution >= 0.6 is 23.5 Å². The molecule has 0 saturated heterocycles. The molecule has 2 aromatic carbocycles. The maximum Gasteiger partial charge on any atom is 0.244 e. The van der Waals surface area contributed by atoms with Crippen molar-refractivity contribution in [1.82, 2.24) is 79.9 Å². The van der Waals surface area contributed by atoms with E-state index in [0.29, 0.717) is 0 Å². The third kappa shape index (κ3) is 29.5. The lowest BCUT2D eigenvalue weighted by Gasteiger charge is -2.28. The summed E-state index contributed by atoms with van der Waals surface area (Å²) in [6, 6.07) is -14.9. The first-order valence-electron chi connectivity index (χ1n) is 31.9. The summed E-state index contributed by atoms with van der Waals surface area (Å²) in [7, 11) is 0. The van der Waals surface area contributed by atoms with Crippen LogP contribution in [0.4, 0.5) is 35.1 Å². The van der Waals surface area contributed by atoms with Crippen molar-refractivity contribution in [3.63, 3.8) is 0 Å². The molecule has 0 aliphatic carbocycles. The van der Waals surface area contributed by atoms with E-state index < -0.39 is 249 Å². The predicted molar refractivity (Wildman–Crippen MR) is 364 cm³/mol. The quantitative estimate of drug-likeness (QED) is 0.00584. The molecule has 0 fully saturated rings. The van der Waals surface area contributed by atoms with Crippen molar-refractivity contribution in [1.29, 1.82) is 27.0 Å². The van der Waals surface area contributed by atoms with Gasteiger partial charge in [0.2, 0.25) is 47.3 Å². The molecule has 3 aliphatic rings. The van der Waals surface area contributed by atoms with Gasteiger partial charge in [-0.3, -0.25) is 75.5 Å². The van der Waals surface area contributed by atoms with Crippen LogP contribution in [0.1, 0.15) is 84.0 Å². The van der Waals surface area contributed by atoms with Crippen LogP contribution in [0.5, 0.6) is 0 Å². The smallest absolute Gasteiger partial charge is 0.244 e. The van der Waals surface area contributed by atoms with Crippen molar-refractivity contribution in [3.8, 4) is 11.1 Å². The van der Waals surface area contributed by atoms with E-state index in [1.807, 2.05) is 0 Å². The molecule has 580 valence electrons. The first kappa shape index (κ1) is 88.4. The molecule has 5 rings (SSSR count). The summed E-state index contributed by atoms with van der Waals surface area (Å²) < 4.78 is 130. The van der Waals surface area contributed by atoms with E-state index in [4.69, 9.17) is 67.2 Å². The van der Waals surface area contributed by atoms with E-state index in [9.17, 15) is 43.6 Å². The van der Waals surface area contributed by atoms with Crippen LogP contribution in [0.3, 0.4) is 0 Å². The number of thioether (sulfide) groups is 2. The Morgan fingerprint density at radius 1 is 0.462 bits per heavy atom. The fourth-order valence-electron chi connectivity index (χ4n) is 9.68. The Morgan fingerprint density at radius 2 is 0.788 bits per heavy atom. The van der Waals surface area contributed by atoms with E-state index in [1.165, 1.54) is 5.48 Å². The molecule has 0 spiro atoms. The molecule has 3 aliphatic heterocycles. The molecule has 104 heavy (non-hydrogen) atoms. The second-order valence-corrected chi connectivity index (χ2v) is 25.2. The molecule has 8 atom stereocenters. The number of halogens is 8. The Morgan fingerprint density at radius 3 is 1.14 bits per heavy atom. The van der Waals surface area contributed by atoms with Crippen molar-refractivity contribution in [2.75, 3.05) is 57.3 Å². The van der Waals surface area contributed by atoms with Crippen LogP contribution < -0.4 is 120 Å². The number of amides is 8. The molecule has 4 bridgehead atoms. The summed E-state index contributed by atoms with van der Waals surface area (Å²) in [5, 5.41) is 82.0. The summed E-state index contributed by atoms with van der Waals surface area (Å²) in [6.07, 6.45) is -3.98. The van der Waals surface area contributed by atoms with Gasteiger partial charge < -0.3 is 114 Å². The number of guanidine groups is 5. The maximum atomic E-state index is 16.5. The van der Waals surface area contributed by atoms with Gasteiger partial charge in [-0.2, -0.15) is 5.48 Å². The zero-order chi connectivity index (χ0) is 78.1. The van der Waals surface area contributed by atoms with Gasteiger partial charge in [-0.15, -0.1) is 23.5 Å². The molecule has 8 amide bonds. The molecule has 3 heterocycles. The molecule has 35 N–H and O–H groups in total. The number of hydrogen-bond donors (Lipinski definition) is 28. The summed E-state index contributed by atoms with van der Waals surface area (Å²) >= 11 is -0.546. The number of ketones is 1. The number of Topliss-reactive ketones (excluding diaryl/α,β-unsaturated/α-hetero) is 1. The number of rotatable bonds is 35. The highest BCUT2D eigenvalue weighted by atomic mass is 32.2. The lowest BCUT2D eigenvalue weighted by Crippen LogP contribution is -2.61. The monoisotopic (exact) mass is 1530 g/mol. The number of hydrogen-bond acceptors (Lipinski definition) is 21. The van der Waals surface area contributed by atoms with Gasteiger partial charge in [-0.1, -0.05) is 0 Å². The van der Waals surface area contributed by atoms with Gasteiger partial charge in [-0.05, 0) is 90.5 Å². The third-order valence-electron chi connectivity index (χ3n) is 14.9. The van der Waals surface area contributed by atoms with Gasteiger partial charge in [-0.25, -0.2) is 35.1 Å². The SMILES string of the molecule is CC(=O)CNC(=O)C(CCCNC(=N)N)NC(=O)C(CCCNC(=N)N)NC(=O)C(CCCNC(=N)N)NC(=O)C1CSc2c(F)c(F)c(c(F)c2F)-c2c(F)c(F)c(c(F)c2F)SCC(NO)C(=O)NC(CCCNC(=N)N)C(=O)NC(CCCNC(=N)N)C(=O)NC(CCCNC(N)N)C(=O)N1. The number of nitrogens with two attached hydrogens (primary N) is 7. The minimum atomic E-state index is -2.69. The topological polar surface area (TPSA) is 656 Å². The van der Waals surface area contributed by atoms with E-state index in [2.05, 4.69) is 74.4 Å². The number of nitrogens with one attached hydrogen (secondary N) is 20. The fourth-order valence-corrected chi connectivity index (χ4v) is 11.7. The van der Waals surface area contributed by atoms with Crippen LogP contribution in [-0.4, -0.2) is 200 Å². The highest BCUT2D eigenvalue weighted by Gasteiger charge is 2.39. The molecule has 37 nitrogen and oxygen atoms in total. The molecule has 0 saturated carbocycles.